The summed E-state index contributed by atoms with van der Waals surface area (Å²) in [6, 6.07) is 10.3. The van der Waals surface area contributed by atoms with Gasteiger partial charge in [-0.15, -0.1) is 11.3 Å². The van der Waals surface area contributed by atoms with Crippen LogP contribution in [-0.4, -0.2) is 22.7 Å². The maximum Gasteiger partial charge on any atom is 0.236 e. The first-order valence-corrected chi connectivity index (χ1v) is 11.8. The van der Waals surface area contributed by atoms with Crippen molar-refractivity contribution < 1.29 is 19.2 Å². The van der Waals surface area contributed by atoms with E-state index in [1.165, 1.54) is 12.0 Å². The summed E-state index contributed by atoms with van der Waals surface area (Å²) in [6.45, 7) is 6.46. The minimum atomic E-state index is -0.758. The normalized spacial score (nSPS) is 40.0. The lowest BCUT2D eigenvalue weighted by Gasteiger charge is -2.57. The van der Waals surface area contributed by atoms with Crippen LogP contribution in [-0.2, 0) is 19.2 Å². The molecule has 5 aliphatic rings. The second-order valence-electron chi connectivity index (χ2n) is 9.39. The summed E-state index contributed by atoms with van der Waals surface area (Å²) in [5, 5.41) is 3.01. The van der Waals surface area contributed by atoms with Gasteiger partial charge in [0.15, 0.2) is 16.4 Å². The molecule has 2 aromatic rings. The van der Waals surface area contributed by atoms with Crippen molar-refractivity contribution in [2.75, 3.05) is 0 Å². The maximum atomic E-state index is 6.59. The molecular weight excluding hydrogens is 398 g/mol. The van der Waals surface area contributed by atoms with Crippen molar-refractivity contribution in [1.29, 1.82) is 0 Å². The average molecular weight is 426 g/mol. The lowest BCUT2D eigenvalue weighted by molar-refractivity contribution is -0.553. The Kier molecular flexibility index (Phi) is 4.20. The Morgan fingerprint density at radius 3 is 2.77 bits per heavy atom. The van der Waals surface area contributed by atoms with E-state index in [-0.39, 0.29) is 5.92 Å². The van der Waals surface area contributed by atoms with Crippen molar-refractivity contribution in [3.8, 4) is 11.3 Å². The molecule has 2 unspecified atom stereocenters. The van der Waals surface area contributed by atoms with Gasteiger partial charge in [-0.05, 0) is 44.6 Å². The zero-order valence-electron chi connectivity index (χ0n) is 17.6. The van der Waals surface area contributed by atoms with E-state index in [0.29, 0.717) is 11.8 Å². The van der Waals surface area contributed by atoms with Crippen LogP contribution in [0, 0.1) is 17.8 Å². The largest absolute Gasteiger partial charge is 0.458 e. The third kappa shape index (κ3) is 2.60. The van der Waals surface area contributed by atoms with Gasteiger partial charge < -0.3 is 9.47 Å². The molecule has 6 heteroatoms. The number of ether oxygens (including phenoxy) is 2. The fourth-order valence-corrected chi connectivity index (χ4v) is 6.83. The average Bonchev–Trinajstić information content (AvgIpc) is 3.13. The molecule has 5 nitrogen and oxygen atoms in total. The highest BCUT2D eigenvalue weighted by Crippen LogP contribution is 2.61. The number of benzene rings is 1. The maximum absolute atomic E-state index is 6.59. The monoisotopic (exact) mass is 425 g/mol. The van der Waals surface area contributed by atoms with E-state index in [4.69, 9.17) is 24.2 Å². The summed E-state index contributed by atoms with van der Waals surface area (Å²) in [4.78, 5) is 17.0. The molecule has 4 fully saturated rings. The van der Waals surface area contributed by atoms with Crippen LogP contribution in [0.3, 0.4) is 0 Å². The van der Waals surface area contributed by atoms with Gasteiger partial charge in [0.05, 0.1) is 5.69 Å². The zero-order chi connectivity index (χ0) is 20.5. The lowest BCUT2D eigenvalue weighted by Crippen LogP contribution is -2.66. The summed E-state index contributed by atoms with van der Waals surface area (Å²) in [5.74, 6) is 1.22. The second kappa shape index (κ2) is 6.63. The Morgan fingerprint density at radius 1 is 1.10 bits per heavy atom. The van der Waals surface area contributed by atoms with Crippen molar-refractivity contribution in [3.05, 3.63) is 46.3 Å². The molecule has 1 aromatic heterocycles. The highest BCUT2D eigenvalue weighted by Gasteiger charge is 2.68. The van der Waals surface area contributed by atoms with Crippen molar-refractivity contribution in [2.45, 2.75) is 64.1 Å². The Balaban J connectivity index is 1.44. The van der Waals surface area contributed by atoms with Gasteiger partial charge in [0.25, 0.3) is 0 Å². The molecule has 1 spiro atoms. The van der Waals surface area contributed by atoms with Crippen LogP contribution in [0.15, 0.2) is 41.3 Å². The van der Waals surface area contributed by atoms with E-state index >= 15 is 0 Å². The highest BCUT2D eigenvalue weighted by atomic mass is 32.1. The molecule has 7 rings (SSSR count). The SMILES string of the molecule is CC1=C(c2nc(-c3ccccc3)cs2)OC2OC3(C)CC[C@H]4[C@H](C)CC[C@@H]1[C@@]24OO3. The number of fused-ring (bicyclic) bond motifs is 2. The first-order valence-electron chi connectivity index (χ1n) is 10.9. The lowest BCUT2D eigenvalue weighted by atomic mass is 9.59. The molecule has 1 saturated carbocycles. The molecule has 6 atom stereocenters. The molecule has 3 saturated heterocycles. The Bertz CT molecular complexity index is 1000. The number of hydrogen-bond acceptors (Lipinski definition) is 6. The van der Waals surface area contributed by atoms with Gasteiger partial charge in [-0.2, -0.15) is 0 Å². The Hall–Kier alpha value is -1.73. The molecule has 158 valence electrons. The zero-order valence-corrected chi connectivity index (χ0v) is 18.4. The molecule has 1 aromatic carbocycles. The summed E-state index contributed by atoms with van der Waals surface area (Å²) >= 11 is 1.63. The van der Waals surface area contributed by atoms with E-state index in [9.17, 15) is 0 Å². The summed E-state index contributed by atoms with van der Waals surface area (Å²) in [5.41, 5.74) is 2.73. The van der Waals surface area contributed by atoms with Crippen molar-refractivity contribution >= 4 is 17.1 Å². The fraction of sp³-hybridized carbons (Fsp3) is 0.542. The van der Waals surface area contributed by atoms with Gasteiger partial charge in [-0.25, -0.2) is 14.8 Å². The predicted molar refractivity (Wildman–Crippen MR) is 114 cm³/mol. The van der Waals surface area contributed by atoms with Crippen LogP contribution < -0.4 is 0 Å². The van der Waals surface area contributed by atoms with Gasteiger partial charge in [0.1, 0.15) is 0 Å². The van der Waals surface area contributed by atoms with Crippen LogP contribution in [0.5, 0.6) is 0 Å². The van der Waals surface area contributed by atoms with Crippen molar-refractivity contribution in [1.82, 2.24) is 4.98 Å². The van der Waals surface area contributed by atoms with Gasteiger partial charge in [-0.3, -0.25) is 0 Å². The van der Waals surface area contributed by atoms with Gasteiger partial charge >= 0.3 is 0 Å². The number of aromatic nitrogens is 1. The molecule has 0 N–H and O–H groups in total. The molecule has 2 bridgehead atoms. The molecule has 0 amide bonds. The summed E-state index contributed by atoms with van der Waals surface area (Å²) in [7, 11) is 0. The van der Waals surface area contributed by atoms with Gasteiger partial charge in [0.2, 0.25) is 12.1 Å². The second-order valence-corrected chi connectivity index (χ2v) is 10.2. The van der Waals surface area contributed by atoms with E-state index in [1.54, 1.807) is 11.3 Å². The van der Waals surface area contributed by atoms with Gasteiger partial charge in [0, 0.05) is 29.2 Å². The molecular formula is C24H27NO4S. The minimum absolute atomic E-state index is 0.208. The number of nitrogens with zero attached hydrogens (tertiary/aromatic N) is 1. The smallest absolute Gasteiger partial charge is 0.236 e. The predicted octanol–water partition coefficient (Wildman–Crippen LogP) is 5.79. The quantitative estimate of drug-likeness (QED) is 0.570. The molecule has 30 heavy (non-hydrogen) atoms. The van der Waals surface area contributed by atoms with E-state index in [2.05, 4.69) is 31.4 Å². The van der Waals surface area contributed by atoms with E-state index in [1.807, 2.05) is 25.1 Å². The van der Waals surface area contributed by atoms with Crippen LogP contribution >= 0.6 is 11.3 Å². The standard InChI is InChI=1S/C24H27NO4S/c1-14-9-10-18-15(2)20(21-25-19(13-30-21)16-7-5-4-6-8-16)26-22-24(18)17(14)11-12-23(3,27-22)28-29-24/h4-8,13-14,17-18,22H,9-12H2,1-3H3/t14-,17+,18+,22?,23?,24-/m1/s1. The molecule has 0 radical (unpaired) electrons. The first kappa shape index (κ1) is 19.0. The minimum Gasteiger partial charge on any atom is -0.458 e. The Morgan fingerprint density at radius 2 is 1.93 bits per heavy atom. The molecule has 5 heterocycles. The third-order valence-electron chi connectivity index (χ3n) is 7.59. The molecule has 1 aliphatic carbocycles. The highest BCUT2D eigenvalue weighted by molar-refractivity contribution is 7.11. The van der Waals surface area contributed by atoms with E-state index in [0.717, 1.165) is 41.3 Å². The first-order chi connectivity index (χ1) is 14.5. The summed E-state index contributed by atoms with van der Waals surface area (Å²) < 4.78 is 13.0. The Labute approximate surface area is 180 Å². The van der Waals surface area contributed by atoms with E-state index < -0.39 is 17.7 Å². The number of rotatable bonds is 2. The fourth-order valence-electron chi connectivity index (χ4n) is 5.95. The third-order valence-corrected chi connectivity index (χ3v) is 8.43. The van der Waals surface area contributed by atoms with Crippen LogP contribution in [0.2, 0.25) is 0 Å². The van der Waals surface area contributed by atoms with Crippen LogP contribution in [0.25, 0.3) is 17.0 Å². The molecule has 4 aliphatic heterocycles. The van der Waals surface area contributed by atoms with Crippen LogP contribution in [0.1, 0.15) is 51.5 Å². The number of thiazole rings is 1. The van der Waals surface area contributed by atoms with Gasteiger partial charge in [-0.1, -0.05) is 37.3 Å². The van der Waals surface area contributed by atoms with Crippen molar-refractivity contribution in [2.24, 2.45) is 17.8 Å². The topological polar surface area (TPSA) is 49.8 Å². The summed E-state index contributed by atoms with van der Waals surface area (Å²) in [6.07, 6.45) is 3.61. The van der Waals surface area contributed by atoms with Crippen molar-refractivity contribution in [3.63, 3.8) is 0 Å². The van der Waals surface area contributed by atoms with Crippen LogP contribution in [0.4, 0.5) is 0 Å². The number of hydrogen-bond donors (Lipinski definition) is 0.